The van der Waals surface area contributed by atoms with Crippen molar-refractivity contribution in [1.29, 1.82) is 0 Å². The van der Waals surface area contributed by atoms with Crippen LogP contribution in [0.2, 0.25) is 0 Å². The Bertz CT molecular complexity index is 1240. The highest BCUT2D eigenvalue weighted by Gasteiger charge is 2.67. The molecule has 0 bridgehead atoms. The van der Waals surface area contributed by atoms with Gasteiger partial charge in [0.05, 0.1) is 0 Å². The number of nitrogens with zero attached hydrogens (tertiary/aromatic N) is 1. The first-order valence-electron chi connectivity index (χ1n) is 13.7. The SMILES string of the molecule is CC(=O)O[C@]1(C(C)=O)CC[C@H]2[C@@H]3CCC4=CC(=O)CCC4=C3[C@@H](c3ccc4c(c3)CCN4C)C[C@@]21C. The zero-order valence-electron chi connectivity index (χ0n) is 22.0. The summed E-state index contributed by atoms with van der Waals surface area (Å²) in [5.41, 5.74) is 6.67. The molecule has 2 saturated carbocycles. The first-order valence-corrected chi connectivity index (χ1v) is 13.7. The van der Waals surface area contributed by atoms with Crippen molar-refractivity contribution in [3.8, 4) is 0 Å². The molecule has 0 aromatic heterocycles. The molecular weight excluding hydrogens is 450 g/mol. The van der Waals surface area contributed by atoms with Crippen LogP contribution in [0.4, 0.5) is 5.69 Å². The maximum absolute atomic E-state index is 13.3. The predicted molar refractivity (Wildman–Crippen MR) is 139 cm³/mol. The predicted octanol–water partition coefficient (Wildman–Crippen LogP) is 5.47. The van der Waals surface area contributed by atoms with E-state index in [0.717, 1.165) is 45.1 Å². The van der Waals surface area contributed by atoms with E-state index >= 15 is 0 Å². The summed E-state index contributed by atoms with van der Waals surface area (Å²) in [6.45, 7) is 6.30. The highest BCUT2D eigenvalue weighted by molar-refractivity contribution is 5.93. The van der Waals surface area contributed by atoms with Gasteiger partial charge in [-0.15, -0.1) is 0 Å². The number of ether oxygens (including phenoxy) is 1. The fourth-order valence-electron chi connectivity index (χ4n) is 8.81. The number of carbonyl (C=O) groups excluding carboxylic acids is 3. The lowest BCUT2D eigenvalue weighted by Gasteiger charge is -2.55. The van der Waals surface area contributed by atoms with E-state index in [1.165, 1.54) is 40.5 Å². The third-order valence-corrected chi connectivity index (χ3v) is 10.4. The summed E-state index contributed by atoms with van der Waals surface area (Å²) in [5, 5.41) is 0. The first-order chi connectivity index (χ1) is 17.1. The molecule has 190 valence electrons. The molecule has 0 saturated heterocycles. The molecule has 0 N–H and O–H groups in total. The molecule has 2 fully saturated rings. The van der Waals surface area contributed by atoms with Gasteiger partial charge in [-0.05, 0) is 98.1 Å². The van der Waals surface area contributed by atoms with Crippen molar-refractivity contribution in [3.63, 3.8) is 0 Å². The monoisotopic (exact) mass is 487 g/mol. The van der Waals surface area contributed by atoms with Crippen LogP contribution >= 0.6 is 0 Å². The van der Waals surface area contributed by atoms with Crippen molar-refractivity contribution < 1.29 is 19.1 Å². The molecule has 0 unspecified atom stereocenters. The second kappa shape index (κ2) is 8.16. The summed E-state index contributed by atoms with van der Waals surface area (Å²) in [6, 6.07) is 6.93. The number of likely N-dealkylation sites (N-methyl/N-ethyl adjacent to an activating group) is 1. The summed E-state index contributed by atoms with van der Waals surface area (Å²) in [5.74, 6) is 0.658. The first kappa shape index (κ1) is 23.7. The number of ketones is 2. The minimum Gasteiger partial charge on any atom is -0.451 e. The van der Waals surface area contributed by atoms with Crippen LogP contribution in [-0.2, 0) is 25.5 Å². The van der Waals surface area contributed by atoms with Crippen LogP contribution in [0, 0.1) is 17.3 Å². The van der Waals surface area contributed by atoms with E-state index in [1.807, 2.05) is 6.08 Å². The van der Waals surface area contributed by atoms with Gasteiger partial charge in [-0.3, -0.25) is 14.4 Å². The smallest absolute Gasteiger partial charge is 0.303 e. The Labute approximate surface area is 214 Å². The maximum Gasteiger partial charge on any atom is 0.303 e. The van der Waals surface area contributed by atoms with Gasteiger partial charge in [-0.2, -0.15) is 0 Å². The van der Waals surface area contributed by atoms with Gasteiger partial charge in [0.2, 0.25) is 0 Å². The van der Waals surface area contributed by atoms with Gasteiger partial charge >= 0.3 is 5.97 Å². The van der Waals surface area contributed by atoms with Crippen molar-refractivity contribution in [2.45, 2.75) is 83.7 Å². The van der Waals surface area contributed by atoms with Crippen LogP contribution in [-0.4, -0.2) is 36.7 Å². The van der Waals surface area contributed by atoms with Gasteiger partial charge < -0.3 is 9.64 Å². The van der Waals surface area contributed by atoms with Crippen LogP contribution in [0.15, 0.2) is 41.0 Å². The number of hydrogen-bond acceptors (Lipinski definition) is 5. The van der Waals surface area contributed by atoms with E-state index in [9.17, 15) is 14.4 Å². The Morgan fingerprint density at radius 2 is 1.89 bits per heavy atom. The maximum atomic E-state index is 13.3. The number of esters is 1. The summed E-state index contributed by atoms with van der Waals surface area (Å²) >= 11 is 0. The second-order valence-corrected chi connectivity index (χ2v) is 12.1. The molecule has 5 atom stereocenters. The number of allylic oxidation sites excluding steroid dienone is 4. The highest BCUT2D eigenvalue weighted by Crippen LogP contribution is 2.68. The van der Waals surface area contributed by atoms with Crippen molar-refractivity contribution in [2.24, 2.45) is 17.3 Å². The van der Waals surface area contributed by atoms with E-state index in [2.05, 4.69) is 37.1 Å². The van der Waals surface area contributed by atoms with Crippen molar-refractivity contribution >= 4 is 23.2 Å². The molecule has 36 heavy (non-hydrogen) atoms. The lowest BCUT2D eigenvalue weighted by Crippen LogP contribution is -2.57. The van der Waals surface area contributed by atoms with Gasteiger partial charge in [0.15, 0.2) is 17.2 Å². The lowest BCUT2D eigenvalue weighted by molar-refractivity contribution is -0.182. The Morgan fingerprint density at radius 3 is 2.64 bits per heavy atom. The molecule has 1 heterocycles. The number of benzene rings is 1. The molecule has 5 nitrogen and oxygen atoms in total. The average Bonchev–Trinajstić information content (AvgIpc) is 3.35. The molecule has 0 amide bonds. The number of fused-ring (bicyclic) bond motifs is 5. The van der Waals surface area contributed by atoms with E-state index in [0.29, 0.717) is 24.7 Å². The second-order valence-electron chi connectivity index (χ2n) is 12.1. The molecule has 0 radical (unpaired) electrons. The molecule has 1 aromatic carbocycles. The number of rotatable bonds is 3. The number of hydrogen-bond donors (Lipinski definition) is 0. The number of Topliss-reactive ketones (excluding diaryl/α,β-unsaturated/α-hetero) is 1. The van der Waals surface area contributed by atoms with Crippen LogP contribution < -0.4 is 4.90 Å². The molecule has 1 aliphatic heterocycles. The summed E-state index contributed by atoms with van der Waals surface area (Å²) in [4.78, 5) is 40.2. The fourth-order valence-corrected chi connectivity index (χ4v) is 8.81. The molecular formula is C31H37NO4. The highest BCUT2D eigenvalue weighted by atomic mass is 16.6. The van der Waals surface area contributed by atoms with E-state index in [4.69, 9.17) is 4.74 Å². The minimum absolute atomic E-state index is 0.0206. The number of carbonyl (C=O) groups is 3. The van der Waals surface area contributed by atoms with Crippen LogP contribution in [0.3, 0.4) is 0 Å². The Morgan fingerprint density at radius 1 is 1.08 bits per heavy atom. The van der Waals surface area contributed by atoms with E-state index in [1.54, 1.807) is 6.92 Å². The van der Waals surface area contributed by atoms with Gasteiger partial charge in [-0.1, -0.05) is 24.6 Å². The zero-order chi connectivity index (χ0) is 25.4. The van der Waals surface area contributed by atoms with Gasteiger partial charge in [0, 0.05) is 44.0 Å². The van der Waals surface area contributed by atoms with Gasteiger partial charge in [0.1, 0.15) is 0 Å². The van der Waals surface area contributed by atoms with E-state index in [-0.39, 0.29) is 23.5 Å². The number of anilines is 1. The quantitative estimate of drug-likeness (QED) is 0.529. The Hall–Kier alpha value is -2.69. The molecule has 4 aliphatic carbocycles. The largest absolute Gasteiger partial charge is 0.451 e. The van der Waals surface area contributed by atoms with Crippen molar-refractivity contribution in [1.82, 2.24) is 0 Å². The molecule has 5 aliphatic rings. The summed E-state index contributed by atoms with van der Waals surface area (Å²) < 4.78 is 6.04. The summed E-state index contributed by atoms with van der Waals surface area (Å²) in [6.07, 6.45) is 8.56. The zero-order valence-corrected chi connectivity index (χ0v) is 22.0. The summed E-state index contributed by atoms with van der Waals surface area (Å²) in [7, 11) is 2.15. The molecule has 1 aromatic rings. The third-order valence-electron chi connectivity index (χ3n) is 10.4. The Balaban J connectivity index is 1.54. The average molecular weight is 488 g/mol. The van der Waals surface area contributed by atoms with Crippen LogP contribution in [0.1, 0.15) is 82.8 Å². The van der Waals surface area contributed by atoms with E-state index < -0.39 is 11.0 Å². The standard InChI is InChI=1S/C31H37NO4/c1-18(33)31(36-19(2)34)13-11-27-25-8-5-21-16-23(35)7-9-24(21)29(25)26(17-30(27,31)3)20-6-10-28-22(15-20)12-14-32(28)4/h6,10,15-16,25-27H,5,7-9,11-14,17H2,1-4H3/t25-,26+,27-,30-,31-/m0/s1. The van der Waals surface area contributed by atoms with Crippen LogP contribution in [0.5, 0.6) is 0 Å². The topological polar surface area (TPSA) is 63.7 Å². The van der Waals surface area contributed by atoms with Gasteiger partial charge in [0.25, 0.3) is 0 Å². The fraction of sp³-hybridized carbons (Fsp3) is 0.581. The Kier molecular flexibility index (Phi) is 5.37. The van der Waals surface area contributed by atoms with Crippen molar-refractivity contribution in [2.75, 3.05) is 18.5 Å². The van der Waals surface area contributed by atoms with Crippen molar-refractivity contribution in [3.05, 3.63) is 52.1 Å². The third kappa shape index (κ3) is 3.23. The molecule has 0 spiro atoms. The van der Waals surface area contributed by atoms with Gasteiger partial charge in [-0.25, -0.2) is 0 Å². The molecule has 6 rings (SSSR count). The minimum atomic E-state index is -1.06. The molecule has 5 heteroatoms. The lowest BCUT2D eigenvalue weighted by atomic mass is 9.50. The normalized spacial score (nSPS) is 35.0. The van der Waals surface area contributed by atoms with Crippen LogP contribution in [0.25, 0.3) is 0 Å².